The molecule has 0 aromatic carbocycles. The third-order valence-corrected chi connectivity index (χ3v) is 17.4. The van der Waals surface area contributed by atoms with Gasteiger partial charge in [0.05, 0.1) is 33.8 Å². The summed E-state index contributed by atoms with van der Waals surface area (Å²) in [5, 5.41) is 3.05. The number of rotatable bonds is 67. The molecule has 0 spiro atoms. The highest BCUT2D eigenvalue weighted by molar-refractivity contribution is 7.45. The van der Waals surface area contributed by atoms with Crippen molar-refractivity contribution in [2.24, 2.45) is 0 Å². The first-order valence-corrected chi connectivity index (χ1v) is 38.1. The maximum Gasteiger partial charge on any atom is 0.306 e. The summed E-state index contributed by atoms with van der Waals surface area (Å²) < 4.78 is 30.4. The van der Waals surface area contributed by atoms with Crippen LogP contribution in [0.4, 0.5) is 0 Å². The zero-order valence-electron chi connectivity index (χ0n) is 57.1. The fourth-order valence-electron chi connectivity index (χ4n) is 10.8. The van der Waals surface area contributed by atoms with E-state index in [1.54, 1.807) is 0 Å². The number of hydrogen-bond acceptors (Lipinski definition) is 7. The molecule has 0 aromatic heterocycles. The van der Waals surface area contributed by atoms with Gasteiger partial charge in [-0.3, -0.25) is 14.2 Å². The van der Waals surface area contributed by atoms with Gasteiger partial charge in [0.25, 0.3) is 7.82 Å². The molecular weight excluding hydrogens is 1070 g/mol. The standard InChI is InChI=1S/C75H141N2O7P/c1-7-10-13-16-19-22-25-27-29-31-33-35-36-37-38-39-40-42-43-45-47-49-52-55-58-61-64-67-74(78)76-72(71-83-85(80,81)82-70-69-77(4,5)6)73(66-63-60-57-54-51-24-21-18-15-12-9-3)84-75(79)68-65-62-59-56-53-50-48-46-44-41-34-32-30-28-26-23-20-17-14-11-8-2/h20,23,27-30,34,41,63,66,72-73H,7-19,21-22,24-26,31-33,35-40,42-62,64-65,67-71H2,1-6H3,(H-,76,78,80,81)/b23-20-,29-27+,30-28-,41-34-,66-63-. The number of nitrogens with one attached hydrogen (secondary N) is 1. The van der Waals surface area contributed by atoms with Gasteiger partial charge in [-0.1, -0.05) is 307 Å². The first kappa shape index (κ1) is 82.7. The number of unbranched alkanes of at least 4 members (excludes halogenated alkanes) is 43. The Hall–Kier alpha value is -2.29. The lowest BCUT2D eigenvalue weighted by atomic mass is 10.0. The molecule has 0 rings (SSSR count). The summed E-state index contributed by atoms with van der Waals surface area (Å²) in [6.45, 7) is 6.85. The van der Waals surface area contributed by atoms with Gasteiger partial charge < -0.3 is 28.5 Å². The Balaban J connectivity index is 4.96. The Morgan fingerprint density at radius 1 is 0.412 bits per heavy atom. The number of phosphoric acid groups is 1. The molecule has 0 aromatic rings. The monoisotopic (exact) mass is 1210 g/mol. The molecule has 3 atom stereocenters. The van der Waals surface area contributed by atoms with Crippen molar-refractivity contribution in [3.05, 3.63) is 60.8 Å². The summed E-state index contributed by atoms with van der Waals surface area (Å²) in [6, 6.07) is -0.892. The molecule has 1 N–H and O–H groups in total. The average molecular weight is 1210 g/mol. The van der Waals surface area contributed by atoms with E-state index < -0.39 is 20.0 Å². The van der Waals surface area contributed by atoms with Gasteiger partial charge in [-0.2, -0.15) is 0 Å². The molecule has 10 heteroatoms. The van der Waals surface area contributed by atoms with Crippen molar-refractivity contribution in [3.63, 3.8) is 0 Å². The number of likely N-dealkylation sites (N-methyl/N-ethyl adjacent to an activating group) is 1. The highest BCUT2D eigenvalue weighted by atomic mass is 31.2. The lowest BCUT2D eigenvalue weighted by Crippen LogP contribution is -2.47. The van der Waals surface area contributed by atoms with Crippen LogP contribution >= 0.6 is 7.82 Å². The number of amides is 1. The highest BCUT2D eigenvalue weighted by Crippen LogP contribution is 2.38. The van der Waals surface area contributed by atoms with E-state index in [1.165, 1.54) is 238 Å². The van der Waals surface area contributed by atoms with E-state index in [0.717, 1.165) is 83.5 Å². The molecular formula is C75H141N2O7P. The lowest BCUT2D eigenvalue weighted by molar-refractivity contribution is -0.870. The molecule has 498 valence electrons. The second-order valence-corrected chi connectivity index (χ2v) is 27.5. The van der Waals surface area contributed by atoms with Crippen LogP contribution in [0, 0.1) is 0 Å². The lowest BCUT2D eigenvalue weighted by Gasteiger charge is -2.30. The molecule has 0 aliphatic rings. The Morgan fingerprint density at radius 3 is 1.11 bits per heavy atom. The number of quaternary nitrogens is 1. The first-order valence-electron chi connectivity index (χ1n) is 36.6. The molecule has 0 aliphatic carbocycles. The van der Waals surface area contributed by atoms with Crippen molar-refractivity contribution in [3.8, 4) is 0 Å². The quantitative estimate of drug-likeness (QED) is 0.0212. The fraction of sp³-hybridized carbons (Fsp3) is 0.840. The summed E-state index contributed by atoms with van der Waals surface area (Å²) in [7, 11) is 1.19. The number of carbonyl (C=O) groups is 2. The summed E-state index contributed by atoms with van der Waals surface area (Å²) in [4.78, 5) is 40.2. The zero-order chi connectivity index (χ0) is 62.1. The van der Waals surface area contributed by atoms with Gasteiger partial charge in [-0.15, -0.1) is 0 Å². The van der Waals surface area contributed by atoms with Crippen LogP contribution in [0.15, 0.2) is 60.8 Å². The maximum atomic E-state index is 13.6. The van der Waals surface area contributed by atoms with E-state index in [2.05, 4.69) is 74.7 Å². The van der Waals surface area contributed by atoms with Crippen LogP contribution in [0.1, 0.15) is 355 Å². The molecule has 1 amide bonds. The first-order chi connectivity index (χ1) is 41.4. The second-order valence-electron chi connectivity index (χ2n) is 26.1. The van der Waals surface area contributed by atoms with Crippen LogP contribution in [0.5, 0.6) is 0 Å². The smallest absolute Gasteiger partial charge is 0.306 e. The van der Waals surface area contributed by atoms with E-state index in [0.29, 0.717) is 17.4 Å². The number of ether oxygens (including phenoxy) is 1. The van der Waals surface area contributed by atoms with Crippen LogP contribution in [0.25, 0.3) is 0 Å². The molecule has 0 heterocycles. The van der Waals surface area contributed by atoms with Crippen molar-refractivity contribution in [2.45, 2.75) is 367 Å². The third-order valence-electron chi connectivity index (χ3n) is 16.4. The summed E-state index contributed by atoms with van der Waals surface area (Å²) >= 11 is 0. The number of esters is 1. The molecule has 0 bridgehead atoms. The molecule has 3 unspecified atom stereocenters. The summed E-state index contributed by atoms with van der Waals surface area (Å²) in [5.41, 5.74) is 0. The predicted molar refractivity (Wildman–Crippen MR) is 367 cm³/mol. The van der Waals surface area contributed by atoms with E-state index in [4.69, 9.17) is 13.8 Å². The fourth-order valence-corrected chi connectivity index (χ4v) is 11.5. The van der Waals surface area contributed by atoms with Gasteiger partial charge in [-0.05, 0) is 96.0 Å². The molecule has 0 fully saturated rings. The van der Waals surface area contributed by atoms with Crippen molar-refractivity contribution in [1.29, 1.82) is 0 Å². The van der Waals surface area contributed by atoms with Gasteiger partial charge in [-0.25, -0.2) is 0 Å². The number of carbonyl (C=O) groups excluding carboxylic acids is 2. The Kier molecular flexibility index (Phi) is 62.9. The minimum Gasteiger partial charge on any atom is -0.756 e. The van der Waals surface area contributed by atoms with Crippen molar-refractivity contribution < 1.29 is 37.3 Å². The number of phosphoric ester groups is 1. The van der Waals surface area contributed by atoms with Gasteiger partial charge in [0.15, 0.2) is 0 Å². The zero-order valence-corrected chi connectivity index (χ0v) is 58.0. The van der Waals surface area contributed by atoms with Crippen LogP contribution in [-0.2, 0) is 27.9 Å². The van der Waals surface area contributed by atoms with Crippen LogP contribution in [-0.4, -0.2) is 69.4 Å². The van der Waals surface area contributed by atoms with Gasteiger partial charge >= 0.3 is 5.97 Å². The van der Waals surface area contributed by atoms with Gasteiger partial charge in [0, 0.05) is 12.8 Å². The SMILES string of the molecule is CCCCC/C=C\C/C=C\C/C=C\CCCCCCCCCCC(=O)OC(/C=C\CCCCCCCCCCC)C(COP(=O)([O-])OCC[N+](C)(C)C)NC(=O)CCCCCCCCCCCCCCCCCCC/C=C/CCCCCCCC. The Morgan fingerprint density at radius 2 is 0.718 bits per heavy atom. The number of hydrogen-bond donors (Lipinski definition) is 1. The van der Waals surface area contributed by atoms with Crippen molar-refractivity contribution in [1.82, 2.24) is 5.32 Å². The second kappa shape index (κ2) is 64.7. The average Bonchev–Trinajstić information content (AvgIpc) is 3.63. The van der Waals surface area contributed by atoms with E-state index in [-0.39, 0.29) is 31.5 Å². The molecule has 0 saturated heterocycles. The minimum absolute atomic E-state index is 0.0232. The highest BCUT2D eigenvalue weighted by Gasteiger charge is 2.27. The van der Waals surface area contributed by atoms with Crippen molar-refractivity contribution >= 4 is 19.7 Å². The van der Waals surface area contributed by atoms with E-state index in [1.807, 2.05) is 33.3 Å². The topological polar surface area (TPSA) is 114 Å². The van der Waals surface area contributed by atoms with Gasteiger partial charge in [0.2, 0.25) is 5.91 Å². The largest absolute Gasteiger partial charge is 0.756 e. The molecule has 0 aliphatic heterocycles. The molecule has 85 heavy (non-hydrogen) atoms. The minimum atomic E-state index is -4.71. The normalized spacial score (nSPS) is 13.8. The molecule has 9 nitrogen and oxygen atoms in total. The van der Waals surface area contributed by atoms with E-state index >= 15 is 0 Å². The molecule has 0 saturated carbocycles. The maximum absolute atomic E-state index is 13.6. The predicted octanol–water partition coefficient (Wildman–Crippen LogP) is 22.7. The summed E-state index contributed by atoms with van der Waals surface area (Å²) in [6.07, 6.45) is 83.5. The van der Waals surface area contributed by atoms with Crippen LogP contribution < -0.4 is 10.2 Å². The number of allylic oxidation sites excluding steroid dienone is 9. The summed E-state index contributed by atoms with van der Waals surface area (Å²) in [5.74, 6) is -0.536. The Bertz CT molecular complexity index is 1640. The van der Waals surface area contributed by atoms with Crippen molar-refractivity contribution in [2.75, 3.05) is 40.9 Å². The third kappa shape index (κ3) is 66.0. The van der Waals surface area contributed by atoms with Crippen LogP contribution in [0.3, 0.4) is 0 Å². The Labute approximate surface area is 528 Å². The van der Waals surface area contributed by atoms with E-state index in [9.17, 15) is 19.0 Å². The number of nitrogens with zero attached hydrogens (tertiary/aromatic N) is 1. The van der Waals surface area contributed by atoms with Gasteiger partial charge in [0.1, 0.15) is 19.3 Å². The van der Waals surface area contributed by atoms with Crippen LogP contribution in [0.2, 0.25) is 0 Å². The molecule has 0 radical (unpaired) electrons.